The van der Waals surface area contributed by atoms with Crippen LogP contribution in [0.25, 0.3) is 10.9 Å². The van der Waals surface area contributed by atoms with Crippen molar-refractivity contribution >= 4 is 10.9 Å². The standard InChI is InChI=1S/C13H12F3NO/c1-8(2)17-11-6-4-3-5-9(11)7-10(12(17)18)13(14,15)16/h3-8H,1-2H3. The summed E-state index contributed by atoms with van der Waals surface area (Å²) in [5.74, 6) is 0. The van der Waals surface area contributed by atoms with E-state index in [-0.39, 0.29) is 6.04 Å². The predicted octanol–water partition coefficient (Wildman–Crippen LogP) is 3.60. The lowest BCUT2D eigenvalue weighted by atomic mass is 10.1. The maximum absolute atomic E-state index is 12.8. The molecule has 0 spiro atoms. The Hall–Kier alpha value is -1.78. The van der Waals surface area contributed by atoms with Crippen LogP contribution in [0.4, 0.5) is 13.2 Å². The Labute approximate surface area is 102 Å². The Morgan fingerprint density at radius 3 is 2.33 bits per heavy atom. The summed E-state index contributed by atoms with van der Waals surface area (Å²) in [6.07, 6.45) is -4.63. The minimum Gasteiger partial charge on any atom is -0.305 e. The molecule has 0 amide bonds. The number of nitrogens with zero attached hydrogens (tertiary/aromatic N) is 1. The lowest BCUT2D eigenvalue weighted by molar-refractivity contribution is -0.138. The van der Waals surface area contributed by atoms with Gasteiger partial charge in [0, 0.05) is 6.04 Å². The van der Waals surface area contributed by atoms with Crippen molar-refractivity contribution in [2.45, 2.75) is 26.1 Å². The van der Waals surface area contributed by atoms with E-state index >= 15 is 0 Å². The van der Waals surface area contributed by atoms with Gasteiger partial charge < -0.3 is 4.57 Å². The van der Waals surface area contributed by atoms with Crippen LogP contribution >= 0.6 is 0 Å². The lowest BCUT2D eigenvalue weighted by Crippen LogP contribution is -2.29. The second kappa shape index (κ2) is 4.15. The lowest BCUT2D eigenvalue weighted by Gasteiger charge is -2.17. The van der Waals surface area contributed by atoms with Crippen molar-refractivity contribution < 1.29 is 13.2 Å². The van der Waals surface area contributed by atoms with E-state index in [1.165, 1.54) is 4.57 Å². The van der Waals surface area contributed by atoms with E-state index in [0.29, 0.717) is 10.9 Å². The van der Waals surface area contributed by atoms with Crippen LogP contribution in [0.15, 0.2) is 35.1 Å². The fraction of sp³-hybridized carbons (Fsp3) is 0.308. The van der Waals surface area contributed by atoms with Crippen molar-refractivity contribution in [3.05, 3.63) is 46.2 Å². The first-order chi connectivity index (χ1) is 8.32. The van der Waals surface area contributed by atoms with Crippen LogP contribution in [-0.4, -0.2) is 4.57 Å². The molecule has 18 heavy (non-hydrogen) atoms. The van der Waals surface area contributed by atoms with Gasteiger partial charge in [0.15, 0.2) is 0 Å². The molecule has 1 aromatic heterocycles. The van der Waals surface area contributed by atoms with Gasteiger partial charge in [-0.3, -0.25) is 4.79 Å². The summed E-state index contributed by atoms with van der Waals surface area (Å²) in [6.45, 7) is 3.38. The molecule has 0 aliphatic heterocycles. The first kappa shape index (κ1) is 12.7. The highest BCUT2D eigenvalue weighted by molar-refractivity contribution is 5.79. The molecule has 0 N–H and O–H groups in total. The molecule has 1 aromatic carbocycles. The molecule has 96 valence electrons. The van der Waals surface area contributed by atoms with Crippen LogP contribution in [0.2, 0.25) is 0 Å². The minimum atomic E-state index is -4.63. The molecule has 0 bridgehead atoms. The minimum absolute atomic E-state index is 0.329. The number of aromatic nitrogens is 1. The molecular weight excluding hydrogens is 243 g/mol. The average molecular weight is 255 g/mol. The average Bonchev–Trinajstić information content (AvgIpc) is 2.26. The first-order valence-corrected chi connectivity index (χ1v) is 5.54. The van der Waals surface area contributed by atoms with Crippen molar-refractivity contribution in [1.82, 2.24) is 4.57 Å². The van der Waals surface area contributed by atoms with Gasteiger partial charge in [0.25, 0.3) is 5.56 Å². The van der Waals surface area contributed by atoms with Crippen molar-refractivity contribution in [3.8, 4) is 0 Å². The maximum atomic E-state index is 12.8. The highest BCUT2D eigenvalue weighted by Gasteiger charge is 2.35. The molecule has 2 rings (SSSR count). The van der Waals surface area contributed by atoms with Gasteiger partial charge in [-0.1, -0.05) is 18.2 Å². The Balaban J connectivity index is 2.94. The Morgan fingerprint density at radius 2 is 1.78 bits per heavy atom. The van der Waals surface area contributed by atoms with Crippen LogP contribution in [-0.2, 0) is 6.18 Å². The Morgan fingerprint density at radius 1 is 1.17 bits per heavy atom. The van der Waals surface area contributed by atoms with E-state index in [4.69, 9.17) is 0 Å². The summed E-state index contributed by atoms with van der Waals surface area (Å²) in [4.78, 5) is 11.9. The molecule has 0 radical (unpaired) electrons. The van der Waals surface area contributed by atoms with Gasteiger partial charge in [-0.2, -0.15) is 13.2 Å². The van der Waals surface area contributed by atoms with Gasteiger partial charge in [-0.15, -0.1) is 0 Å². The van der Waals surface area contributed by atoms with Gasteiger partial charge in [-0.05, 0) is 31.4 Å². The normalized spacial score (nSPS) is 12.3. The molecule has 0 fully saturated rings. The first-order valence-electron chi connectivity index (χ1n) is 5.54. The zero-order valence-electron chi connectivity index (χ0n) is 9.95. The quantitative estimate of drug-likeness (QED) is 0.763. The van der Waals surface area contributed by atoms with E-state index in [9.17, 15) is 18.0 Å². The van der Waals surface area contributed by atoms with Crippen LogP contribution in [0.1, 0.15) is 25.5 Å². The molecule has 1 heterocycles. The topological polar surface area (TPSA) is 22.0 Å². The smallest absolute Gasteiger partial charge is 0.305 e. The molecule has 5 heteroatoms. The van der Waals surface area contributed by atoms with Gasteiger partial charge >= 0.3 is 6.18 Å². The molecule has 0 unspecified atom stereocenters. The molecule has 2 aromatic rings. The predicted molar refractivity (Wildman–Crippen MR) is 63.6 cm³/mol. The number of fused-ring (bicyclic) bond motifs is 1. The SMILES string of the molecule is CC(C)n1c(=O)c(C(F)(F)F)cc2ccccc21. The van der Waals surface area contributed by atoms with E-state index in [1.54, 1.807) is 38.1 Å². The van der Waals surface area contributed by atoms with Crippen molar-refractivity contribution in [2.24, 2.45) is 0 Å². The van der Waals surface area contributed by atoms with Crippen LogP contribution in [0.5, 0.6) is 0 Å². The van der Waals surface area contributed by atoms with Crippen molar-refractivity contribution in [1.29, 1.82) is 0 Å². The largest absolute Gasteiger partial charge is 0.421 e. The third-order valence-electron chi connectivity index (χ3n) is 2.77. The fourth-order valence-corrected chi connectivity index (χ4v) is 2.00. The van der Waals surface area contributed by atoms with Gasteiger partial charge in [0.05, 0.1) is 5.52 Å². The summed E-state index contributed by atoms with van der Waals surface area (Å²) in [5.41, 5.74) is -1.59. The molecular formula is C13H12F3NO. The summed E-state index contributed by atoms with van der Waals surface area (Å²) in [5, 5.41) is 0.415. The number of hydrogen-bond donors (Lipinski definition) is 0. The van der Waals surface area contributed by atoms with Gasteiger partial charge in [0.1, 0.15) is 5.56 Å². The molecule has 2 nitrogen and oxygen atoms in total. The summed E-state index contributed by atoms with van der Waals surface area (Å²) in [7, 11) is 0. The highest BCUT2D eigenvalue weighted by atomic mass is 19.4. The Kier molecular flexibility index (Phi) is 2.92. The summed E-state index contributed by atoms with van der Waals surface area (Å²) in [6, 6.07) is 7.16. The third-order valence-corrected chi connectivity index (χ3v) is 2.77. The van der Waals surface area contributed by atoms with E-state index < -0.39 is 17.3 Å². The second-order valence-electron chi connectivity index (χ2n) is 4.38. The Bertz CT molecular complexity index is 641. The highest BCUT2D eigenvalue weighted by Crippen LogP contribution is 2.29. The fourth-order valence-electron chi connectivity index (χ4n) is 2.00. The van der Waals surface area contributed by atoms with Gasteiger partial charge in [0.2, 0.25) is 0 Å². The number of pyridine rings is 1. The van der Waals surface area contributed by atoms with Crippen LogP contribution in [0.3, 0.4) is 0 Å². The molecule has 0 saturated carbocycles. The van der Waals surface area contributed by atoms with E-state index in [0.717, 1.165) is 6.07 Å². The van der Waals surface area contributed by atoms with E-state index in [2.05, 4.69) is 0 Å². The number of alkyl halides is 3. The molecule has 0 aliphatic carbocycles. The van der Waals surface area contributed by atoms with Crippen LogP contribution in [0, 0.1) is 0 Å². The maximum Gasteiger partial charge on any atom is 0.421 e. The number of para-hydroxylation sites is 1. The van der Waals surface area contributed by atoms with E-state index in [1.807, 2.05) is 0 Å². The zero-order valence-corrected chi connectivity index (χ0v) is 9.95. The molecule has 0 atom stereocenters. The summed E-state index contributed by atoms with van der Waals surface area (Å²) >= 11 is 0. The number of rotatable bonds is 1. The van der Waals surface area contributed by atoms with Crippen LogP contribution < -0.4 is 5.56 Å². The number of hydrogen-bond acceptors (Lipinski definition) is 1. The zero-order chi connectivity index (χ0) is 13.5. The van der Waals surface area contributed by atoms with Gasteiger partial charge in [-0.25, -0.2) is 0 Å². The third kappa shape index (κ3) is 2.00. The molecule has 0 aliphatic rings. The monoisotopic (exact) mass is 255 g/mol. The summed E-state index contributed by atoms with van der Waals surface area (Å²) < 4.78 is 39.6. The van der Waals surface area contributed by atoms with Crippen molar-refractivity contribution in [3.63, 3.8) is 0 Å². The second-order valence-corrected chi connectivity index (χ2v) is 4.38. The number of benzene rings is 1. The van der Waals surface area contributed by atoms with Crippen molar-refractivity contribution in [2.75, 3.05) is 0 Å². The molecule has 0 saturated heterocycles. The number of halogens is 3.